The number of aromatic nitrogens is 2. The normalized spacial score (nSPS) is 10.7. The molecule has 0 radical (unpaired) electrons. The van der Waals surface area contributed by atoms with Crippen LogP contribution in [0, 0.1) is 20.8 Å². The first kappa shape index (κ1) is 32.2. The summed E-state index contributed by atoms with van der Waals surface area (Å²) in [4.78, 5) is 36.8. The van der Waals surface area contributed by atoms with E-state index in [1.165, 1.54) is 23.2 Å². The van der Waals surface area contributed by atoms with Gasteiger partial charge in [0.1, 0.15) is 11.3 Å². The molecule has 0 saturated heterocycles. The maximum Gasteiger partial charge on any atom is 0.372 e. The van der Waals surface area contributed by atoms with Crippen molar-refractivity contribution in [3.63, 3.8) is 0 Å². The fourth-order valence-electron chi connectivity index (χ4n) is 3.91. The number of sulfone groups is 1. The van der Waals surface area contributed by atoms with Crippen LogP contribution in [0.2, 0.25) is 5.02 Å². The number of para-hydroxylation sites is 1. The lowest BCUT2D eigenvalue weighted by Crippen LogP contribution is -2.27. The largest absolute Gasteiger partial charge is 0.438 e. The Labute approximate surface area is 249 Å². The van der Waals surface area contributed by atoms with Crippen molar-refractivity contribution in [2.75, 3.05) is 13.3 Å². The Hall–Kier alpha value is -4.32. The van der Waals surface area contributed by atoms with Gasteiger partial charge in [-0.15, -0.1) is 0 Å². The van der Waals surface area contributed by atoms with Crippen LogP contribution in [0.4, 0.5) is 0 Å². The molecule has 4 rings (SSSR count). The number of hydrogen-bond donors (Lipinski definition) is 1. The van der Waals surface area contributed by atoms with Gasteiger partial charge in [-0.25, -0.2) is 18.2 Å². The van der Waals surface area contributed by atoms with Gasteiger partial charge in [0, 0.05) is 31.1 Å². The van der Waals surface area contributed by atoms with E-state index >= 15 is 0 Å². The standard InChI is InChI=1S/C23H25N3O4S.C7H5ClO3/c1-15-10-16(2)12-18(11-15)14-26(4)22(27)19-13-24-23(31(5,28)29)25-21(19)30-20-9-7-6-8-17(20)3;8-6-3-1-2-5(4-6)7(9)11-10/h6-13H,14H2,1-5H3;1-4,10H. The molecule has 0 aliphatic carbocycles. The van der Waals surface area contributed by atoms with Crippen LogP contribution in [-0.2, 0) is 21.3 Å². The van der Waals surface area contributed by atoms with Crippen LogP contribution in [0.15, 0.2) is 78.1 Å². The fourth-order valence-corrected chi connectivity index (χ4v) is 4.59. The molecule has 10 nitrogen and oxygen atoms in total. The molecule has 0 aliphatic rings. The van der Waals surface area contributed by atoms with Crippen molar-refractivity contribution in [1.82, 2.24) is 14.9 Å². The highest BCUT2D eigenvalue weighted by Gasteiger charge is 2.23. The number of ether oxygens (including phenoxy) is 1. The van der Waals surface area contributed by atoms with Gasteiger partial charge in [0.05, 0.1) is 5.56 Å². The van der Waals surface area contributed by atoms with E-state index in [2.05, 4.69) is 20.9 Å². The third-order valence-electron chi connectivity index (χ3n) is 5.79. The summed E-state index contributed by atoms with van der Waals surface area (Å²) in [6, 6.07) is 19.4. The lowest BCUT2D eigenvalue weighted by atomic mass is 10.1. The third kappa shape index (κ3) is 8.84. The number of amides is 1. The van der Waals surface area contributed by atoms with Crippen molar-refractivity contribution in [2.24, 2.45) is 0 Å². The molecular formula is C30H30ClN3O7S. The summed E-state index contributed by atoms with van der Waals surface area (Å²) in [5.74, 6) is -0.802. The summed E-state index contributed by atoms with van der Waals surface area (Å²) < 4.78 is 29.8. The topological polar surface area (TPSA) is 136 Å². The van der Waals surface area contributed by atoms with Gasteiger partial charge >= 0.3 is 5.97 Å². The Kier molecular flexibility index (Phi) is 10.8. The van der Waals surface area contributed by atoms with Crippen molar-refractivity contribution < 1.29 is 32.9 Å². The molecule has 1 N–H and O–H groups in total. The molecule has 0 bridgehead atoms. The number of rotatable bonds is 7. The Morgan fingerprint density at radius 1 is 0.976 bits per heavy atom. The van der Waals surface area contributed by atoms with Crippen molar-refractivity contribution in [1.29, 1.82) is 0 Å². The average molecular weight is 612 g/mol. The van der Waals surface area contributed by atoms with Gasteiger partial charge in [-0.1, -0.05) is 65.2 Å². The van der Waals surface area contributed by atoms with Crippen LogP contribution in [0.25, 0.3) is 0 Å². The zero-order valence-electron chi connectivity index (χ0n) is 23.7. The van der Waals surface area contributed by atoms with Crippen LogP contribution in [-0.4, -0.2) is 53.7 Å². The van der Waals surface area contributed by atoms with E-state index in [1.54, 1.807) is 31.3 Å². The molecule has 1 aromatic heterocycles. The van der Waals surface area contributed by atoms with Crippen molar-refractivity contribution >= 4 is 33.3 Å². The van der Waals surface area contributed by atoms with E-state index in [0.717, 1.165) is 28.5 Å². The van der Waals surface area contributed by atoms with E-state index in [-0.39, 0.29) is 22.9 Å². The third-order valence-corrected chi connectivity index (χ3v) is 6.88. The van der Waals surface area contributed by atoms with Crippen LogP contribution >= 0.6 is 11.6 Å². The van der Waals surface area contributed by atoms with Gasteiger partial charge in [0.15, 0.2) is 0 Å². The molecule has 0 aliphatic heterocycles. The zero-order chi connectivity index (χ0) is 31.0. The molecule has 0 atom stereocenters. The van der Waals surface area contributed by atoms with E-state index in [0.29, 0.717) is 17.3 Å². The second-order valence-electron chi connectivity index (χ2n) is 9.56. The van der Waals surface area contributed by atoms with E-state index in [4.69, 9.17) is 21.6 Å². The predicted octanol–water partition coefficient (Wildman–Crippen LogP) is 5.84. The van der Waals surface area contributed by atoms with Gasteiger partial charge in [-0.2, -0.15) is 10.2 Å². The Morgan fingerprint density at radius 3 is 2.24 bits per heavy atom. The second-order valence-corrected chi connectivity index (χ2v) is 11.9. The minimum absolute atomic E-state index is 0.0857. The summed E-state index contributed by atoms with van der Waals surface area (Å²) in [5.41, 5.74) is 4.34. The number of nitrogens with zero attached hydrogens (tertiary/aromatic N) is 3. The molecule has 4 aromatic rings. The average Bonchev–Trinajstić information content (AvgIpc) is 2.92. The lowest BCUT2D eigenvalue weighted by Gasteiger charge is -2.19. The fraction of sp³-hybridized carbons (Fsp3) is 0.200. The first-order chi connectivity index (χ1) is 19.8. The number of halogens is 1. The molecule has 0 saturated carbocycles. The molecule has 12 heteroatoms. The van der Waals surface area contributed by atoms with Gasteiger partial charge in [-0.05, 0) is 56.2 Å². The molecule has 0 fully saturated rings. The van der Waals surface area contributed by atoms with Crippen LogP contribution in [0.5, 0.6) is 11.6 Å². The quantitative estimate of drug-likeness (QED) is 0.155. The number of carbonyl (C=O) groups excluding carboxylic acids is 2. The minimum Gasteiger partial charge on any atom is -0.438 e. The molecule has 0 spiro atoms. The van der Waals surface area contributed by atoms with Crippen LogP contribution in [0.1, 0.15) is 43.0 Å². The molecule has 0 unspecified atom stereocenters. The summed E-state index contributed by atoms with van der Waals surface area (Å²) >= 11 is 5.56. The highest BCUT2D eigenvalue weighted by Crippen LogP contribution is 2.27. The molecule has 42 heavy (non-hydrogen) atoms. The van der Waals surface area contributed by atoms with Crippen LogP contribution < -0.4 is 4.74 Å². The summed E-state index contributed by atoms with van der Waals surface area (Å²) in [6.45, 7) is 6.23. The summed E-state index contributed by atoms with van der Waals surface area (Å²) in [6.07, 6.45) is 2.21. The highest BCUT2D eigenvalue weighted by atomic mass is 35.5. The van der Waals surface area contributed by atoms with Crippen LogP contribution in [0.3, 0.4) is 0 Å². The lowest BCUT2D eigenvalue weighted by molar-refractivity contribution is -0.182. The minimum atomic E-state index is -3.68. The molecular weight excluding hydrogens is 582 g/mol. The number of carbonyl (C=O) groups is 2. The SMILES string of the molecule is Cc1cc(C)cc(CN(C)C(=O)c2cnc(S(C)(=O)=O)nc2Oc2ccccc2C)c1.O=C(OO)c1cccc(Cl)c1. The maximum absolute atomic E-state index is 13.2. The maximum atomic E-state index is 13.2. The van der Waals surface area contributed by atoms with Crippen molar-refractivity contribution in [3.8, 4) is 11.6 Å². The first-order valence-electron chi connectivity index (χ1n) is 12.5. The van der Waals surface area contributed by atoms with Gasteiger partial charge < -0.3 is 9.64 Å². The summed E-state index contributed by atoms with van der Waals surface area (Å²) in [7, 11) is -2.01. The predicted molar refractivity (Wildman–Crippen MR) is 158 cm³/mol. The number of hydrogen-bond acceptors (Lipinski definition) is 9. The van der Waals surface area contributed by atoms with Gasteiger partial charge in [-0.3, -0.25) is 9.68 Å². The highest BCUT2D eigenvalue weighted by molar-refractivity contribution is 7.90. The second kappa shape index (κ2) is 14.0. The number of benzene rings is 3. The monoisotopic (exact) mass is 611 g/mol. The molecule has 1 amide bonds. The smallest absolute Gasteiger partial charge is 0.372 e. The Balaban J connectivity index is 0.000000369. The van der Waals surface area contributed by atoms with Crippen molar-refractivity contribution in [3.05, 3.63) is 111 Å². The van der Waals surface area contributed by atoms with E-state index < -0.39 is 21.0 Å². The van der Waals surface area contributed by atoms with E-state index in [9.17, 15) is 18.0 Å². The zero-order valence-corrected chi connectivity index (χ0v) is 25.2. The Morgan fingerprint density at radius 2 is 1.64 bits per heavy atom. The first-order valence-corrected chi connectivity index (χ1v) is 14.8. The van der Waals surface area contributed by atoms with Crippen molar-refractivity contribution in [2.45, 2.75) is 32.5 Å². The van der Waals surface area contributed by atoms with Gasteiger partial charge in [0.2, 0.25) is 20.9 Å². The molecule has 1 heterocycles. The van der Waals surface area contributed by atoms with Gasteiger partial charge in [0.25, 0.3) is 5.91 Å². The van der Waals surface area contributed by atoms with E-state index in [1.807, 2.05) is 45.0 Å². The molecule has 220 valence electrons. The summed E-state index contributed by atoms with van der Waals surface area (Å²) in [5, 5.41) is 8.01. The Bertz CT molecular complexity index is 1690. The molecule has 3 aromatic carbocycles. The number of aryl methyl sites for hydroxylation is 3.